The van der Waals surface area contributed by atoms with Gasteiger partial charge in [0.25, 0.3) is 0 Å². The molecule has 1 aliphatic rings. The fraction of sp³-hybridized carbons (Fsp3) is 0.909. The fourth-order valence-electron chi connectivity index (χ4n) is 1.99. The van der Waals surface area contributed by atoms with E-state index in [1.807, 2.05) is 13.8 Å². The highest BCUT2D eigenvalue weighted by atomic mass is 16.5. The van der Waals surface area contributed by atoms with Gasteiger partial charge >= 0.3 is 0 Å². The van der Waals surface area contributed by atoms with Gasteiger partial charge in [-0.2, -0.15) is 0 Å². The molecule has 1 saturated heterocycles. The minimum absolute atomic E-state index is 0.0491. The molecule has 0 saturated carbocycles. The SMILES string of the molecule is CCNC(=O)C(C)N1CC(CN)OCC1C. The number of hydrogen-bond acceptors (Lipinski definition) is 4. The number of morpholine rings is 1. The quantitative estimate of drug-likeness (QED) is 0.686. The van der Waals surface area contributed by atoms with Gasteiger partial charge in [0.1, 0.15) is 0 Å². The number of hydrogen-bond donors (Lipinski definition) is 2. The second-order valence-corrected chi connectivity index (χ2v) is 4.31. The lowest BCUT2D eigenvalue weighted by molar-refractivity contribution is -0.132. The van der Waals surface area contributed by atoms with Gasteiger partial charge in [0, 0.05) is 25.7 Å². The first-order chi connectivity index (χ1) is 7.60. The Hall–Kier alpha value is -0.650. The molecule has 0 spiro atoms. The van der Waals surface area contributed by atoms with E-state index < -0.39 is 0 Å². The van der Waals surface area contributed by atoms with Crippen LogP contribution in [0.1, 0.15) is 20.8 Å². The average Bonchev–Trinajstić information content (AvgIpc) is 2.29. The highest BCUT2D eigenvalue weighted by molar-refractivity contribution is 5.81. The Bertz CT molecular complexity index is 235. The van der Waals surface area contributed by atoms with Crippen LogP contribution in [-0.4, -0.2) is 55.2 Å². The van der Waals surface area contributed by atoms with E-state index in [0.29, 0.717) is 19.7 Å². The van der Waals surface area contributed by atoms with Crippen LogP contribution in [0.2, 0.25) is 0 Å². The van der Waals surface area contributed by atoms with E-state index in [0.717, 1.165) is 6.54 Å². The molecule has 5 nitrogen and oxygen atoms in total. The molecule has 0 aromatic rings. The average molecular weight is 229 g/mol. The Morgan fingerprint density at radius 1 is 1.69 bits per heavy atom. The molecule has 1 amide bonds. The minimum atomic E-state index is -0.118. The summed E-state index contributed by atoms with van der Waals surface area (Å²) in [6.07, 6.45) is 0.0491. The summed E-state index contributed by atoms with van der Waals surface area (Å²) in [5.74, 6) is 0.0759. The van der Waals surface area contributed by atoms with Crippen LogP contribution in [0.25, 0.3) is 0 Å². The van der Waals surface area contributed by atoms with Crippen molar-refractivity contribution >= 4 is 5.91 Å². The summed E-state index contributed by atoms with van der Waals surface area (Å²) in [4.78, 5) is 13.9. The molecule has 1 aliphatic heterocycles. The molecule has 3 N–H and O–H groups in total. The molecular weight excluding hydrogens is 206 g/mol. The standard InChI is InChI=1S/C11H23N3O2/c1-4-13-11(15)9(3)14-6-10(5-12)16-7-8(14)2/h8-10H,4-7,12H2,1-3H3,(H,13,15). The molecule has 94 valence electrons. The fourth-order valence-corrected chi connectivity index (χ4v) is 1.99. The van der Waals surface area contributed by atoms with Gasteiger partial charge in [0.2, 0.25) is 5.91 Å². The third-order valence-electron chi connectivity index (χ3n) is 3.04. The van der Waals surface area contributed by atoms with Crippen LogP contribution in [0.15, 0.2) is 0 Å². The molecule has 5 heteroatoms. The molecule has 3 atom stereocenters. The zero-order valence-electron chi connectivity index (χ0n) is 10.4. The Balaban J connectivity index is 2.57. The maximum atomic E-state index is 11.8. The maximum Gasteiger partial charge on any atom is 0.237 e. The summed E-state index contributed by atoms with van der Waals surface area (Å²) >= 11 is 0. The highest BCUT2D eigenvalue weighted by Crippen LogP contribution is 2.14. The van der Waals surface area contributed by atoms with Gasteiger partial charge in [0.05, 0.1) is 18.8 Å². The molecule has 3 unspecified atom stereocenters. The number of amides is 1. The second-order valence-electron chi connectivity index (χ2n) is 4.31. The number of carbonyl (C=O) groups excluding carboxylic acids is 1. The van der Waals surface area contributed by atoms with Gasteiger partial charge in [-0.1, -0.05) is 0 Å². The molecule has 1 rings (SSSR count). The molecule has 0 aromatic carbocycles. The lowest BCUT2D eigenvalue weighted by atomic mass is 10.1. The van der Waals surface area contributed by atoms with Crippen LogP contribution in [0.4, 0.5) is 0 Å². The normalized spacial score (nSPS) is 28.8. The highest BCUT2D eigenvalue weighted by Gasteiger charge is 2.31. The molecule has 1 heterocycles. The summed E-state index contributed by atoms with van der Waals surface area (Å²) in [7, 11) is 0. The first-order valence-corrected chi connectivity index (χ1v) is 5.95. The van der Waals surface area contributed by atoms with Crippen molar-refractivity contribution in [2.24, 2.45) is 5.73 Å². The van der Waals surface area contributed by atoms with Crippen molar-refractivity contribution in [3.63, 3.8) is 0 Å². The van der Waals surface area contributed by atoms with Gasteiger partial charge in [-0.05, 0) is 20.8 Å². The predicted molar refractivity (Wildman–Crippen MR) is 63.1 cm³/mol. The Morgan fingerprint density at radius 2 is 2.38 bits per heavy atom. The molecule has 0 bridgehead atoms. The Labute approximate surface area is 97.3 Å². The summed E-state index contributed by atoms with van der Waals surface area (Å²) in [6, 6.07) is 0.147. The number of nitrogens with zero attached hydrogens (tertiary/aromatic N) is 1. The van der Waals surface area contributed by atoms with Gasteiger partial charge in [0.15, 0.2) is 0 Å². The van der Waals surface area contributed by atoms with Crippen LogP contribution in [-0.2, 0) is 9.53 Å². The smallest absolute Gasteiger partial charge is 0.237 e. The van der Waals surface area contributed by atoms with Gasteiger partial charge in [-0.3, -0.25) is 9.69 Å². The molecule has 0 radical (unpaired) electrons. The first kappa shape index (κ1) is 13.4. The molecule has 16 heavy (non-hydrogen) atoms. The topological polar surface area (TPSA) is 67.6 Å². The Morgan fingerprint density at radius 3 is 2.94 bits per heavy atom. The lowest BCUT2D eigenvalue weighted by Gasteiger charge is -2.40. The first-order valence-electron chi connectivity index (χ1n) is 5.95. The number of carbonyl (C=O) groups is 1. The number of likely N-dealkylation sites (N-methyl/N-ethyl adjacent to an activating group) is 1. The molecule has 0 aromatic heterocycles. The van der Waals surface area contributed by atoms with Crippen LogP contribution in [0.3, 0.4) is 0 Å². The minimum Gasteiger partial charge on any atom is -0.374 e. The summed E-state index contributed by atoms with van der Waals surface area (Å²) < 4.78 is 5.56. The monoisotopic (exact) mass is 229 g/mol. The van der Waals surface area contributed by atoms with Crippen molar-refractivity contribution in [2.75, 3.05) is 26.2 Å². The Kier molecular flexibility index (Phi) is 5.18. The number of ether oxygens (including phenoxy) is 1. The molecule has 1 fully saturated rings. The van der Waals surface area contributed by atoms with Crippen molar-refractivity contribution in [1.82, 2.24) is 10.2 Å². The zero-order chi connectivity index (χ0) is 12.1. The second kappa shape index (κ2) is 6.18. The number of nitrogens with one attached hydrogen (secondary N) is 1. The predicted octanol–water partition coefficient (Wildman–Crippen LogP) is -0.441. The van der Waals surface area contributed by atoms with Crippen molar-refractivity contribution in [1.29, 1.82) is 0 Å². The van der Waals surface area contributed by atoms with E-state index in [9.17, 15) is 4.79 Å². The molecule has 0 aliphatic carbocycles. The van der Waals surface area contributed by atoms with Crippen LogP contribution in [0, 0.1) is 0 Å². The third kappa shape index (κ3) is 3.17. The van der Waals surface area contributed by atoms with Gasteiger partial charge in [-0.15, -0.1) is 0 Å². The molecular formula is C11H23N3O2. The van der Waals surface area contributed by atoms with E-state index in [2.05, 4.69) is 17.1 Å². The van der Waals surface area contributed by atoms with Crippen LogP contribution < -0.4 is 11.1 Å². The number of nitrogens with two attached hydrogens (primary N) is 1. The van der Waals surface area contributed by atoms with Gasteiger partial charge in [-0.25, -0.2) is 0 Å². The summed E-state index contributed by atoms with van der Waals surface area (Å²) in [5.41, 5.74) is 5.59. The number of rotatable bonds is 4. The van der Waals surface area contributed by atoms with E-state index in [4.69, 9.17) is 10.5 Å². The van der Waals surface area contributed by atoms with E-state index in [-0.39, 0.29) is 24.1 Å². The van der Waals surface area contributed by atoms with Crippen molar-refractivity contribution < 1.29 is 9.53 Å². The van der Waals surface area contributed by atoms with E-state index >= 15 is 0 Å². The largest absolute Gasteiger partial charge is 0.374 e. The van der Waals surface area contributed by atoms with E-state index in [1.165, 1.54) is 0 Å². The van der Waals surface area contributed by atoms with Crippen molar-refractivity contribution in [3.8, 4) is 0 Å². The summed E-state index contributed by atoms with van der Waals surface area (Å²) in [5, 5.41) is 2.84. The van der Waals surface area contributed by atoms with Crippen LogP contribution >= 0.6 is 0 Å². The van der Waals surface area contributed by atoms with E-state index in [1.54, 1.807) is 0 Å². The van der Waals surface area contributed by atoms with Crippen molar-refractivity contribution in [2.45, 2.75) is 39.0 Å². The van der Waals surface area contributed by atoms with Crippen molar-refractivity contribution in [3.05, 3.63) is 0 Å². The zero-order valence-corrected chi connectivity index (χ0v) is 10.4. The lowest BCUT2D eigenvalue weighted by Crippen LogP contribution is -2.57. The van der Waals surface area contributed by atoms with Gasteiger partial charge < -0.3 is 15.8 Å². The third-order valence-corrected chi connectivity index (χ3v) is 3.04. The van der Waals surface area contributed by atoms with Crippen LogP contribution in [0.5, 0.6) is 0 Å². The summed E-state index contributed by atoms with van der Waals surface area (Å²) in [6.45, 7) is 8.48. The maximum absolute atomic E-state index is 11.8.